The van der Waals surface area contributed by atoms with E-state index in [0.29, 0.717) is 0 Å². The van der Waals surface area contributed by atoms with E-state index >= 15 is 0 Å². The van der Waals surface area contributed by atoms with Gasteiger partial charge in [-0.05, 0) is 76.6 Å². The minimum atomic E-state index is -0.194. The maximum Gasteiger partial charge on any atom is 0.131 e. The second-order valence-electron chi connectivity index (χ2n) is 6.57. The Balaban J connectivity index is 1.89. The SMILES string of the molecule is Cc1cc(-c2ccc3c(c2)C(C=O)c2cc(Br)ccc2-3)cc(C)c1Br. The van der Waals surface area contributed by atoms with Gasteiger partial charge in [0.15, 0.2) is 0 Å². The first kappa shape index (κ1) is 16.7. The van der Waals surface area contributed by atoms with Gasteiger partial charge >= 0.3 is 0 Å². The van der Waals surface area contributed by atoms with Gasteiger partial charge in [0.2, 0.25) is 0 Å². The van der Waals surface area contributed by atoms with Crippen LogP contribution >= 0.6 is 31.9 Å². The highest BCUT2D eigenvalue weighted by Gasteiger charge is 2.28. The van der Waals surface area contributed by atoms with Crippen LogP contribution < -0.4 is 0 Å². The van der Waals surface area contributed by atoms with E-state index in [1.165, 1.54) is 16.7 Å². The van der Waals surface area contributed by atoms with Crippen LogP contribution in [-0.4, -0.2) is 6.29 Å². The fourth-order valence-electron chi connectivity index (χ4n) is 3.71. The highest BCUT2D eigenvalue weighted by atomic mass is 79.9. The van der Waals surface area contributed by atoms with Gasteiger partial charge in [-0.15, -0.1) is 0 Å². The number of rotatable bonds is 2. The molecule has 1 aliphatic carbocycles. The molecule has 3 heteroatoms. The van der Waals surface area contributed by atoms with Crippen LogP contribution in [-0.2, 0) is 4.79 Å². The minimum Gasteiger partial charge on any atom is -0.302 e. The van der Waals surface area contributed by atoms with E-state index in [-0.39, 0.29) is 5.92 Å². The summed E-state index contributed by atoms with van der Waals surface area (Å²) in [6.45, 7) is 4.21. The van der Waals surface area contributed by atoms with Crippen LogP contribution in [0.4, 0.5) is 0 Å². The van der Waals surface area contributed by atoms with Crippen molar-refractivity contribution in [3.63, 3.8) is 0 Å². The van der Waals surface area contributed by atoms with Crippen LogP contribution in [0.2, 0.25) is 0 Å². The number of carbonyl (C=O) groups excluding carboxylic acids is 1. The summed E-state index contributed by atoms with van der Waals surface area (Å²) in [5, 5.41) is 0. The Hall–Kier alpha value is -1.71. The number of aryl methyl sites for hydroxylation is 2. The lowest BCUT2D eigenvalue weighted by molar-refractivity contribution is -0.108. The van der Waals surface area contributed by atoms with Gasteiger partial charge in [0, 0.05) is 8.95 Å². The molecule has 1 nitrogen and oxygen atoms in total. The van der Waals surface area contributed by atoms with E-state index in [4.69, 9.17) is 0 Å². The van der Waals surface area contributed by atoms with Crippen molar-refractivity contribution >= 4 is 38.1 Å². The van der Waals surface area contributed by atoms with Crippen LogP contribution in [0.5, 0.6) is 0 Å². The first-order valence-electron chi connectivity index (χ1n) is 8.16. The topological polar surface area (TPSA) is 17.1 Å². The molecular formula is C22H16Br2O. The van der Waals surface area contributed by atoms with E-state index in [1.54, 1.807) is 0 Å². The van der Waals surface area contributed by atoms with Crippen molar-refractivity contribution in [1.82, 2.24) is 0 Å². The minimum absolute atomic E-state index is 0.194. The second kappa shape index (κ2) is 6.22. The largest absolute Gasteiger partial charge is 0.302 e. The third-order valence-electron chi connectivity index (χ3n) is 4.93. The summed E-state index contributed by atoms with van der Waals surface area (Å²) >= 11 is 7.15. The molecule has 0 N–H and O–H groups in total. The van der Waals surface area contributed by atoms with Crippen LogP contribution in [0.3, 0.4) is 0 Å². The highest BCUT2D eigenvalue weighted by Crippen LogP contribution is 2.46. The van der Waals surface area contributed by atoms with Gasteiger partial charge in [0.05, 0.1) is 5.92 Å². The molecule has 0 amide bonds. The third-order valence-corrected chi connectivity index (χ3v) is 6.68. The fourth-order valence-corrected chi connectivity index (χ4v) is 4.32. The van der Waals surface area contributed by atoms with Gasteiger partial charge in [-0.2, -0.15) is 0 Å². The first-order valence-corrected chi connectivity index (χ1v) is 9.74. The van der Waals surface area contributed by atoms with Gasteiger partial charge in [-0.25, -0.2) is 0 Å². The average molecular weight is 456 g/mol. The van der Waals surface area contributed by atoms with Crippen molar-refractivity contribution in [2.24, 2.45) is 0 Å². The van der Waals surface area contributed by atoms with E-state index in [1.807, 2.05) is 6.07 Å². The molecule has 0 heterocycles. The van der Waals surface area contributed by atoms with Crippen molar-refractivity contribution in [2.75, 3.05) is 0 Å². The van der Waals surface area contributed by atoms with Crippen molar-refractivity contribution in [2.45, 2.75) is 19.8 Å². The smallest absolute Gasteiger partial charge is 0.131 e. The Bertz CT molecular complexity index is 998. The summed E-state index contributed by atoms with van der Waals surface area (Å²) in [4.78, 5) is 11.8. The number of hydrogen-bond acceptors (Lipinski definition) is 1. The lowest BCUT2D eigenvalue weighted by Gasteiger charge is -2.11. The van der Waals surface area contributed by atoms with Gasteiger partial charge in [-0.1, -0.05) is 62.2 Å². The summed E-state index contributed by atoms with van der Waals surface area (Å²) in [5.74, 6) is -0.194. The maximum absolute atomic E-state index is 11.8. The predicted molar refractivity (Wildman–Crippen MR) is 110 cm³/mol. The number of aldehydes is 1. The van der Waals surface area contributed by atoms with Crippen molar-refractivity contribution in [3.8, 4) is 22.3 Å². The monoisotopic (exact) mass is 454 g/mol. The molecular weight excluding hydrogens is 440 g/mol. The van der Waals surface area contributed by atoms with Crippen LogP contribution in [0, 0.1) is 13.8 Å². The Labute approximate surface area is 164 Å². The quantitative estimate of drug-likeness (QED) is 0.388. The van der Waals surface area contributed by atoms with E-state index in [9.17, 15) is 4.79 Å². The zero-order chi connectivity index (χ0) is 17.7. The maximum atomic E-state index is 11.8. The lowest BCUT2D eigenvalue weighted by atomic mass is 9.94. The van der Waals surface area contributed by atoms with E-state index < -0.39 is 0 Å². The molecule has 0 aliphatic heterocycles. The summed E-state index contributed by atoms with van der Waals surface area (Å²) in [5.41, 5.74) is 9.26. The van der Waals surface area contributed by atoms with Crippen LogP contribution in [0.25, 0.3) is 22.3 Å². The Morgan fingerprint density at radius 2 is 1.40 bits per heavy atom. The second-order valence-corrected chi connectivity index (χ2v) is 8.28. The van der Waals surface area contributed by atoms with Gasteiger partial charge in [0.1, 0.15) is 6.29 Å². The molecule has 0 bridgehead atoms. The standard InChI is InChI=1S/C22H16Br2O/c1-12-7-15(8-13(2)22(12)24)14-3-5-17-18-6-4-16(23)10-20(18)21(11-25)19(17)9-14/h3-11,21H,1-2H3. The van der Waals surface area contributed by atoms with Gasteiger partial charge in [0.25, 0.3) is 0 Å². The summed E-state index contributed by atoms with van der Waals surface area (Å²) < 4.78 is 2.16. The van der Waals surface area contributed by atoms with Crippen LogP contribution in [0.1, 0.15) is 28.2 Å². The normalized spacial score (nSPS) is 15.0. The molecule has 1 aliphatic rings. The summed E-state index contributed by atoms with van der Waals surface area (Å²) in [6, 6.07) is 17.0. The molecule has 3 aromatic rings. The third kappa shape index (κ3) is 2.70. The number of fused-ring (bicyclic) bond motifs is 3. The molecule has 0 saturated heterocycles. The fraction of sp³-hybridized carbons (Fsp3) is 0.136. The molecule has 0 radical (unpaired) electrons. The summed E-state index contributed by atoms with van der Waals surface area (Å²) in [6.07, 6.45) is 1.05. The average Bonchev–Trinajstić information content (AvgIpc) is 2.90. The zero-order valence-corrected chi connectivity index (χ0v) is 17.1. The first-order chi connectivity index (χ1) is 12.0. The number of halogens is 2. The number of carbonyl (C=O) groups is 1. The summed E-state index contributed by atoms with van der Waals surface area (Å²) in [7, 11) is 0. The van der Waals surface area contributed by atoms with Gasteiger partial charge in [-0.3, -0.25) is 0 Å². The molecule has 124 valence electrons. The van der Waals surface area contributed by atoms with Crippen LogP contribution in [0.15, 0.2) is 57.5 Å². The molecule has 0 spiro atoms. The van der Waals surface area contributed by atoms with Crippen molar-refractivity contribution < 1.29 is 4.79 Å². The number of benzene rings is 3. The molecule has 0 aromatic heterocycles. The molecule has 4 rings (SSSR count). The lowest BCUT2D eigenvalue weighted by Crippen LogP contribution is -1.98. The molecule has 0 saturated carbocycles. The predicted octanol–water partition coefficient (Wildman–Crippen LogP) is 6.81. The number of hydrogen-bond donors (Lipinski definition) is 0. The van der Waals surface area contributed by atoms with Crippen molar-refractivity contribution in [1.29, 1.82) is 0 Å². The zero-order valence-electron chi connectivity index (χ0n) is 13.9. The Morgan fingerprint density at radius 1 is 0.800 bits per heavy atom. The Kier molecular flexibility index (Phi) is 4.17. The molecule has 1 unspecified atom stereocenters. The Morgan fingerprint density at radius 3 is 2.04 bits per heavy atom. The van der Waals surface area contributed by atoms with E-state index in [0.717, 1.165) is 43.0 Å². The molecule has 25 heavy (non-hydrogen) atoms. The van der Waals surface area contributed by atoms with Gasteiger partial charge < -0.3 is 4.79 Å². The van der Waals surface area contributed by atoms with E-state index in [2.05, 4.69) is 88.2 Å². The van der Waals surface area contributed by atoms with Crippen molar-refractivity contribution in [3.05, 3.63) is 79.7 Å². The highest BCUT2D eigenvalue weighted by molar-refractivity contribution is 9.10. The molecule has 0 fully saturated rings. The molecule has 3 aromatic carbocycles. The molecule has 1 atom stereocenters.